The molecule has 1 saturated heterocycles. The van der Waals surface area contributed by atoms with Crippen molar-refractivity contribution in [3.05, 3.63) is 35.1 Å². The Bertz CT molecular complexity index is 460. The van der Waals surface area contributed by atoms with Gasteiger partial charge in [0.2, 0.25) is 0 Å². The fourth-order valence-electron chi connectivity index (χ4n) is 3.97. The summed E-state index contributed by atoms with van der Waals surface area (Å²) in [5.74, 6) is 0.616. The van der Waals surface area contributed by atoms with Gasteiger partial charge in [-0.05, 0) is 55.3 Å². The SMILES string of the molecule is CC1CCCN(C2CCc3c(F)cccc32)C1CN. The number of nitrogens with two attached hydrogens (primary N) is 1. The van der Waals surface area contributed by atoms with E-state index in [9.17, 15) is 4.39 Å². The molecule has 3 heteroatoms. The summed E-state index contributed by atoms with van der Waals surface area (Å²) in [7, 11) is 0. The fraction of sp³-hybridized carbons (Fsp3) is 0.625. The van der Waals surface area contributed by atoms with Gasteiger partial charge < -0.3 is 5.73 Å². The lowest BCUT2D eigenvalue weighted by molar-refractivity contribution is 0.0620. The van der Waals surface area contributed by atoms with Gasteiger partial charge in [0.15, 0.2) is 0 Å². The summed E-state index contributed by atoms with van der Waals surface area (Å²) in [5.41, 5.74) is 8.12. The number of benzene rings is 1. The monoisotopic (exact) mass is 262 g/mol. The molecule has 2 nitrogen and oxygen atoms in total. The minimum atomic E-state index is -0.0330. The van der Waals surface area contributed by atoms with Gasteiger partial charge in [-0.2, -0.15) is 0 Å². The van der Waals surface area contributed by atoms with E-state index in [0.29, 0.717) is 24.5 Å². The van der Waals surface area contributed by atoms with Crippen LogP contribution in [0.4, 0.5) is 4.39 Å². The largest absolute Gasteiger partial charge is 0.329 e. The zero-order chi connectivity index (χ0) is 13.4. The predicted octanol–water partition coefficient (Wildman–Crippen LogP) is 2.87. The first-order valence-corrected chi connectivity index (χ1v) is 7.45. The number of likely N-dealkylation sites (tertiary alicyclic amines) is 1. The first-order valence-electron chi connectivity index (χ1n) is 7.45. The molecule has 2 N–H and O–H groups in total. The lowest BCUT2D eigenvalue weighted by Gasteiger charge is -2.43. The summed E-state index contributed by atoms with van der Waals surface area (Å²) in [6.07, 6.45) is 4.41. The van der Waals surface area contributed by atoms with Crippen LogP contribution >= 0.6 is 0 Å². The minimum Gasteiger partial charge on any atom is -0.329 e. The molecule has 1 aromatic carbocycles. The first-order chi connectivity index (χ1) is 9.22. The molecule has 1 aromatic rings. The molecule has 0 saturated carbocycles. The van der Waals surface area contributed by atoms with Crippen LogP contribution in [0.25, 0.3) is 0 Å². The zero-order valence-corrected chi connectivity index (χ0v) is 11.6. The Hall–Kier alpha value is -0.930. The molecule has 0 amide bonds. The van der Waals surface area contributed by atoms with E-state index in [1.807, 2.05) is 6.07 Å². The Kier molecular flexibility index (Phi) is 3.59. The average Bonchev–Trinajstić information content (AvgIpc) is 2.83. The summed E-state index contributed by atoms with van der Waals surface area (Å²) < 4.78 is 13.8. The highest BCUT2D eigenvalue weighted by molar-refractivity contribution is 5.36. The molecule has 1 aliphatic heterocycles. The van der Waals surface area contributed by atoms with Crippen molar-refractivity contribution in [2.75, 3.05) is 13.1 Å². The molecule has 1 heterocycles. The van der Waals surface area contributed by atoms with Crippen LogP contribution in [0.5, 0.6) is 0 Å². The molecule has 0 bridgehead atoms. The van der Waals surface area contributed by atoms with Gasteiger partial charge in [0.25, 0.3) is 0 Å². The van der Waals surface area contributed by atoms with Gasteiger partial charge in [-0.15, -0.1) is 0 Å². The Balaban J connectivity index is 1.90. The van der Waals surface area contributed by atoms with Crippen molar-refractivity contribution in [1.82, 2.24) is 4.90 Å². The second-order valence-corrected chi connectivity index (χ2v) is 6.02. The third-order valence-corrected chi connectivity index (χ3v) is 4.98. The van der Waals surface area contributed by atoms with Gasteiger partial charge in [0.1, 0.15) is 5.82 Å². The number of fused-ring (bicyclic) bond motifs is 1. The molecule has 3 unspecified atom stereocenters. The summed E-state index contributed by atoms with van der Waals surface area (Å²) in [6, 6.07) is 6.36. The van der Waals surface area contributed by atoms with Gasteiger partial charge >= 0.3 is 0 Å². The van der Waals surface area contributed by atoms with E-state index in [1.165, 1.54) is 18.4 Å². The number of halogens is 1. The maximum Gasteiger partial charge on any atom is 0.126 e. The van der Waals surface area contributed by atoms with Gasteiger partial charge in [-0.1, -0.05) is 19.1 Å². The molecule has 104 valence electrons. The van der Waals surface area contributed by atoms with Crippen LogP contribution < -0.4 is 5.73 Å². The Morgan fingerprint density at radius 1 is 1.37 bits per heavy atom. The van der Waals surface area contributed by atoms with Crippen molar-refractivity contribution in [2.24, 2.45) is 11.7 Å². The van der Waals surface area contributed by atoms with Gasteiger partial charge in [0.05, 0.1) is 0 Å². The van der Waals surface area contributed by atoms with Crippen molar-refractivity contribution >= 4 is 0 Å². The topological polar surface area (TPSA) is 29.3 Å². The number of hydrogen-bond donors (Lipinski definition) is 1. The molecule has 19 heavy (non-hydrogen) atoms. The average molecular weight is 262 g/mol. The third kappa shape index (κ3) is 2.19. The van der Waals surface area contributed by atoms with Gasteiger partial charge in [-0.25, -0.2) is 4.39 Å². The molecule has 0 radical (unpaired) electrons. The van der Waals surface area contributed by atoms with Crippen LogP contribution in [0, 0.1) is 11.7 Å². The number of rotatable bonds is 2. The zero-order valence-electron chi connectivity index (χ0n) is 11.6. The van der Waals surface area contributed by atoms with Crippen LogP contribution in [0.15, 0.2) is 18.2 Å². The highest BCUT2D eigenvalue weighted by Crippen LogP contribution is 2.40. The van der Waals surface area contributed by atoms with E-state index in [-0.39, 0.29) is 5.82 Å². The number of hydrogen-bond acceptors (Lipinski definition) is 2. The van der Waals surface area contributed by atoms with Crippen molar-refractivity contribution in [3.8, 4) is 0 Å². The van der Waals surface area contributed by atoms with E-state index in [1.54, 1.807) is 6.07 Å². The third-order valence-electron chi connectivity index (χ3n) is 4.98. The Morgan fingerprint density at radius 2 is 2.21 bits per heavy atom. The lowest BCUT2D eigenvalue weighted by atomic mass is 9.88. The second kappa shape index (κ2) is 5.22. The normalized spacial score (nSPS) is 31.4. The number of piperidine rings is 1. The van der Waals surface area contributed by atoms with Crippen LogP contribution in [-0.2, 0) is 6.42 Å². The van der Waals surface area contributed by atoms with Crippen LogP contribution in [0.3, 0.4) is 0 Å². The van der Waals surface area contributed by atoms with Crippen molar-refractivity contribution in [3.63, 3.8) is 0 Å². The number of nitrogens with zero attached hydrogens (tertiary/aromatic N) is 1. The molecular formula is C16H23FN2. The predicted molar refractivity (Wildman–Crippen MR) is 75.4 cm³/mol. The van der Waals surface area contributed by atoms with Crippen molar-refractivity contribution in [2.45, 2.75) is 44.7 Å². The Morgan fingerprint density at radius 3 is 3.00 bits per heavy atom. The van der Waals surface area contributed by atoms with Crippen LogP contribution in [-0.4, -0.2) is 24.0 Å². The molecule has 2 aliphatic rings. The standard InChI is InChI=1S/C16H23FN2/c1-11-4-3-9-19(16(11)10-18)15-8-7-12-13(15)5-2-6-14(12)17/h2,5-6,11,15-16H,3-4,7-10,18H2,1H3. The quantitative estimate of drug-likeness (QED) is 0.888. The van der Waals surface area contributed by atoms with Crippen molar-refractivity contribution in [1.29, 1.82) is 0 Å². The molecule has 3 rings (SSSR count). The molecule has 1 aliphatic carbocycles. The van der Waals surface area contributed by atoms with Gasteiger partial charge in [0, 0.05) is 18.6 Å². The summed E-state index contributed by atoms with van der Waals surface area (Å²) in [5, 5.41) is 0. The van der Waals surface area contributed by atoms with Crippen LogP contribution in [0.1, 0.15) is 43.4 Å². The van der Waals surface area contributed by atoms with E-state index in [0.717, 1.165) is 24.9 Å². The smallest absolute Gasteiger partial charge is 0.126 e. The molecule has 1 fully saturated rings. The molecular weight excluding hydrogens is 239 g/mol. The molecule has 0 aromatic heterocycles. The summed E-state index contributed by atoms with van der Waals surface area (Å²) in [6.45, 7) is 4.11. The maximum absolute atomic E-state index is 13.8. The van der Waals surface area contributed by atoms with Crippen molar-refractivity contribution < 1.29 is 4.39 Å². The van der Waals surface area contributed by atoms with Gasteiger partial charge in [-0.3, -0.25) is 4.90 Å². The summed E-state index contributed by atoms with van der Waals surface area (Å²) in [4.78, 5) is 2.54. The van der Waals surface area contributed by atoms with Crippen LogP contribution in [0.2, 0.25) is 0 Å². The summed E-state index contributed by atoms with van der Waals surface area (Å²) >= 11 is 0. The highest BCUT2D eigenvalue weighted by Gasteiger charge is 2.36. The fourth-order valence-corrected chi connectivity index (χ4v) is 3.97. The Labute approximate surface area is 114 Å². The highest BCUT2D eigenvalue weighted by atomic mass is 19.1. The van der Waals surface area contributed by atoms with E-state index < -0.39 is 0 Å². The minimum absolute atomic E-state index is 0.0330. The van der Waals surface area contributed by atoms with E-state index in [2.05, 4.69) is 17.9 Å². The van der Waals surface area contributed by atoms with E-state index in [4.69, 9.17) is 5.73 Å². The molecule has 0 spiro atoms. The first kappa shape index (κ1) is 13.1. The van der Waals surface area contributed by atoms with E-state index >= 15 is 0 Å². The molecule has 3 atom stereocenters. The maximum atomic E-state index is 13.8. The second-order valence-electron chi connectivity index (χ2n) is 6.02. The lowest BCUT2D eigenvalue weighted by Crippen LogP contribution is -2.49.